The maximum Gasteiger partial charge on any atom is 0.127 e. The van der Waals surface area contributed by atoms with Gasteiger partial charge in [-0.05, 0) is 54.4 Å². The van der Waals surface area contributed by atoms with E-state index >= 15 is 0 Å². The zero-order chi connectivity index (χ0) is 14.5. The summed E-state index contributed by atoms with van der Waals surface area (Å²) >= 11 is 12.0. The van der Waals surface area contributed by atoms with Crippen molar-refractivity contribution >= 4 is 23.2 Å². The van der Waals surface area contributed by atoms with Gasteiger partial charge in [0, 0.05) is 22.2 Å². The second kappa shape index (κ2) is 7.07. The Morgan fingerprint density at radius 3 is 2.35 bits per heavy atom. The molecular formula is C16H16Cl2FN. The smallest absolute Gasteiger partial charge is 0.127 e. The fourth-order valence-electron chi connectivity index (χ4n) is 2.01. The van der Waals surface area contributed by atoms with Crippen molar-refractivity contribution in [3.8, 4) is 11.1 Å². The molecule has 0 fully saturated rings. The SMILES string of the molecule is CCCNCc1cc(-c2cc(Cl)cc(Cl)c2)ccc1F. The molecule has 1 N–H and O–H groups in total. The first-order valence-electron chi connectivity index (χ1n) is 6.55. The fraction of sp³-hybridized carbons (Fsp3) is 0.250. The minimum Gasteiger partial charge on any atom is -0.313 e. The first-order chi connectivity index (χ1) is 9.60. The van der Waals surface area contributed by atoms with Crippen LogP contribution in [0.25, 0.3) is 11.1 Å². The van der Waals surface area contributed by atoms with Crippen molar-refractivity contribution in [2.75, 3.05) is 6.54 Å². The molecule has 20 heavy (non-hydrogen) atoms. The number of benzene rings is 2. The van der Waals surface area contributed by atoms with Gasteiger partial charge in [0.25, 0.3) is 0 Å². The van der Waals surface area contributed by atoms with E-state index in [1.807, 2.05) is 18.2 Å². The predicted octanol–water partition coefficient (Wildman–Crippen LogP) is 5.30. The molecule has 0 radical (unpaired) electrons. The minimum atomic E-state index is -0.203. The van der Waals surface area contributed by atoms with E-state index in [9.17, 15) is 4.39 Å². The van der Waals surface area contributed by atoms with Crippen molar-refractivity contribution in [2.45, 2.75) is 19.9 Å². The number of hydrogen-bond acceptors (Lipinski definition) is 1. The van der Waals surface area contributed by atoms with Crippen LogP contribution in [0.2, 0.25) is 10.0 Å². The lowest BCUT2D eigenvalue weighted by Crippen LogP contribution is -2.14. The normalized spacial score (nSPS) is 10.8. The third-order valence-corrected chi connectivity index (χ3v) is 3.42. The zero-order valence-corrected chi connectivity index (χ0v) is 12.7. The summed E-state index contributed by atoms with van der Waals surface area (Å²) in [7, 11) is 0. The Morgan fingerprint density at radius 1 is 1.00 bits per heavy atom. The molecule has 0 aliphatic rings. The van der Waals surface area contributed by atoms with Crippen LogP contribution in [-0.2, 0) is 6.54 Å². The highest BCUT2D eigenvalue weighted by molar-refractivity contribution is 6.35. The number of halogens is 3. The molecule has 0 saturated carbocycles. The third kappa shape index (κ3) is 3.95. The van der Waals surface area contributed by atoms with E-state index in [4.69, 9.17) is 23.2 Å². The van der Waals surface area contributed by atoms with Crippen molar-refractivity contribution in [1.82, 2.24) is 5.32 Å². The van der Waals surface area contributed by atoms with Gasteiger partial charge in [0.15, 0.2) is 0 Å². The average Bonchev–Trinajstić information content (AvgIpc) is 2.40. The van der Waals surface area contributed by atoms with Gasteiger partial charge in [0.1, 0.15) is 5.82 Å². The van der Waals surface area contributed by atoms with Gasteiger partial charge in [-0.3, -0.25) is 0 Å². The van der Waals surface area contributed by atoms with Crippen LogP contribution in [0.3, 0.4) is 0 Å². The average molecular weight is 312 g/mol. The molecule has 106 valence electrons. The topological polar surface area (TPSA) is 12.0 Å². The molecule has 2 aromatic rings. The maximum absolute atomic E-state index is 13.8. The molecule has 4 heteroatoms. The highest BCUT2D eigenvalue weighted by atomic mass is 35.5. The van der Waals surface area contributed by atoms with Gasteiger partial charge < -0.3 is 5.32 Å². The monoisotopic (exact) mass is 311 g/mol. The second-order valence-corrected chi connectivity index (χ2v) is 5.51. The lowest BCUT2D eigenvalue weighted by Gasteiger charge is -2.09. The van der Waals surface area contributed by atoms with E-state index in [2.05, 4.69) is 12.2 Å². The van der Waals surface area contributed by atoms with Gasteiger partial charge in [-0.15, -0.1) is 0 Å². The van der Waals surface area contributed by atoms with Crippen LogP contribution in [0.5, 0.6) is 0 Å². The molecule has 0 heterocycles. The van der Waals surface area contributed by atoms with Crippen molar-refractivity contribution < 1.29 is 4.39 Å². The molecule has 0 saturated heterocycles. The van der Waals surface area contributed by atoms with E-state index in [0.717, 1.165) is 24.1 Å². The minimum absolute atomic E-state index is 0.203. The lowest BCUT2D eigenvalue weighted by atomic mass is 10.0. The van der Waals surface area contributed by atoms with E-state index in [0.29, 0.717) is 22.2 Å². The van der Waals surface area contributed by atoms with Gasteiger partial charge in [-0.1, -0.05) is 36.2 Å². The zero-order valence-electron chi connectivity index (χ0n) is 11.2. The molecule has 0 spiro atoms. The quantitative estimate of drug-likeness (QED) is 0.739. The highest BCUT2D eigenvalue weighted by Crippen LogP contribution is 2.28. The molecule has 2 aromatic carbocycles. The maximum atomic E-state index is 13.8. The molecule has 0 aliphatic heterocycles. The Balaban J connectivity index is 2.30. The van der Waals surface area contributed by atoms with E-state index < -0.39 is 0 Å². The largest absolute Gasteiger partial charge is 0.313 e. The molecule has 0 unspecified atom stereocenters. The van der Waals surface area contributed by atoms with Gasteiger partial charge in [0.2, 0.25) is 0 Å². The Bertz CT molecular complexity index is 579. The van der Waals surface area contributed by atoms with E-state index in [1.54, 1.807) is 12.1 Å². The van der Waals surface area contributed by atoms with Crippen LogP contribution >= 0.6 is 23.2 Å². The standard InChI is InChI=1S/C16H16Cl2FN/c1-2-5-20-10-13-6-11(3-4-16(13)19)12-7-14(17)9-15(18)8-12/h3-4,6-9,20H,2,5,10H2,1H3. The van der Waals surface area contributed by atoms with Crippen LogP contribution in [0.1, 0.15) is 18.9 Å². The van der Waals surface area contributed by atoms with E-state index in [-0.39, 0.29) is 5.82 Å². The summed E-state index contributed by atoms with van der Waals surface area (Å²) in [4.78, 5) is 0. The summed E-state index contributed by atoms with van der Waals surface area (Å²) in [6.07, 6.45) is 1.02. The molecule has 1 nitrogen and oxygen atoms in total. The van der Waals surface area contributed by atoms with Crippen LogP contribution in [0, 0.1) is 5.82 Å². The first-order valence-corrected chi connectivity index (χ1v) is 7.31. The summed E-state index contributed by atoms with van der Waals surface area (Å²) < 4.78 is 13.8. The van der Waals surface area contributed by atoms with Crippen LogP contribution in [0.15, 0.2) is 36.4 Å². The number of rotatable bonds is 5. The number of nitrogens with one attached hydrogen (secondary N) is 1. The predicted molar refractivity (Wildman–Crippen MR) is 83.9 cm³/mol. The molecule has 0 bridgehead atoms. The van der Waals surface area contributed by atoms with Crippen molar-refractivity contribution in [1.29, 1.82) is 0 Å². The Labute approximate surface area is 128 Å². The summed E-state index contributed by atoms with van der Waals surface area (Å²) in [5.74, 6) is -0.203. The summed E-state index contributed by atoms with van der Waals surface area (Å²) in [6.45, 7) is 3.46. The highest BCUT2D eigenvalue weighted by Gasteiger charge is 2.06. The molecule has 0 amide bonds. The van der Waals surface area contributed by atoms with Crippen LogP contribution in [-0.4, -0.2) is 6.54 Å². The molecule has 0 atom stereocenters. The van der Waals surface area contributed by atoms with Gasteiger partial charge in [-0.25, -0.2) is 4.39 Å². The molecular weight excluding hydrogens is 296 g/mol. The summed E-state index contributed by atoms with van der Waals surface area (Å²) in [6, 6.07) is 10.4. The first kappa shape index (κ1) is 15.3. The van der Waals surface area contributed by atoms with Crippen molar-refractivity contribution in [2.24, 2.45) is 0 Å². The molecule has 0 aliphatic carbocycles. The Hall–Kier alpha value is -1.09. The van der Waals surface area contributed by atoms with Crippen LogP contribution < -0.4 is 5.32 Å². The Kier molecular flexibility index (Phi) is 5.41. The summed E-state index contributed by atoms with van der Waals surface area (Å²) in [5, 5.41) is 4.34. The van der Waals surface area contributed by atoms with Crippen LogP contribution in [0.4, 0.5) is 4.39 Å². The van der Waals surface area contributed by atoms with E-state index in [1.165, 1.54) is 6.07 Å². The molecule has 2 rings (SSSR count). The van der Waals surface area contributed by atoms with Gasteiger partial charge >= 0.3 is 0 Å². The fourth-order valence-corrected chi connectivity index (χ4v) is 2.54. The van der Waals surface area contributed by atoms with Gasteiger partial charge in [-0.2, -0.15) is 0 Å². The summed E-state index contributed by atoms with van der Waals surface area (Å²) in [5.41, 5.74) is 2.44. The number of hydrogen-bond donors (Lipinski definition) is 1. The van der Waals surface area contributed by atoms with Gasteiger partial charge in [0.05, 0.1) is 0 Å². The molecule has 0 aromatic heterocycles. The van der Waals surface area contributed by atoms with Crippen molar-refractivity contribution in [3.63, 3.8) is 0 Å². The lowest BCUT2D eigenvalue weighted by molar-refractivity contribution is 0.587. The Morgan fingerprint density at radius 2 is 1.70 bits per heavy atom. The third-order valence-electron chi connectivity index (χ3n) is 2.98. The van der Waals surface area contributed by atoms with Crippen molar-refractivity contribution in [3.05, 3.63) is 57.8 Å². The second-order valence-electron chi connectivity index (χ2n) is 4.64.